The molecule has 2 aromatic carbocycles. The first-order valence-corrected chi connectivity index (χ1v) is 9.56. The summed E-state index contributed by atoms with van der Waals surface area (Å²) in [5, 5.41) is 14.1. The molecule has 0 radical (unpaired) electrons. The number of benzene rings is 2. The predicted molar refractivity (Wildman–Crippen MR) is 110 cm³/mol. The van der Waals surface area contributed by atoms with Crippen molar-refractivity contribution in [2.45, 2.75) is 6.17 Å². The van der Waals surface area contributed by atoms with Crippen LogP contribution in [0.15, 0.2) is 48.5 Å². The second-order valence-electron chi connectivity index (χ2n) is 6.77. The van der Waals surface area contributed by atoms with E-state index in [1.165, 1.54) is 52.3 Å². The van der Waals surface area contributed by atoms with Gasteiger partial charge in [-0.2, -0.15) is 5.26 Å². The molecular formula is C21H21FN6O3. The van der Waals surface area contributed by atoms with Crippen molar-refractivity contribution in [1.29, 1.82) is 5.26 Å². The summed E-state index contributed by atoms with van der Waals surface area (Å²) >= 11 is 0. The summed E-state index contributed by atoms with van der Waals surface area (Å²) in [4.78, 5) is 41.1. The van der Waals surface area contributed by atoms with Crippen molar-refractivity contribution in [3.05, 3.63) is 65.5 Å². The lowest BCUT2D eigenvalue weighted by Gasteiger charge is -2.29. The molecule has 0 spiro atoms. The van der Waals surface area contributed by atoms with Crippen molar-refractivity contribution < 1.29 is 18.8 Å². The van der Waals surface area contributed by atoms with Crippen LogP contribution in [0.1, 0.15) is 15.9 Å². The molecule has 3 rings (SSSR count). The Morgan fingerprint density at radius 3 is 2.48 bits per heavy atom. The average molecular weight is 424 g/mol. The Hall–Kier alpha value is -3.97. The predicted octanol–water partition coefficient (Wildman–Crippen LogP) is 1.09. The van der Waals surface area contributed by atoms with Crippen molar-refractivity contribution in [1.82, 2.24) is 15.1 Å². The lowest BCUT2D eigenvalue weighted by molar-refractivity contribution is -0.127. The highest BCUT2D eigenvalue weighted by atomic mass is 19.1. The molecule has 0 saturated carbocycles. The van der Waals surface area contributed by atoms with Gasteiger partial charge in [-0.3, -0.25) is 14.5 Å². The third-order valence-corrected chi connectivity index (χ3v) is 4.71. The van der Waals surface area contributed by atoms with Crippen LogP contribution in [0.3, 0.4) is 0 Å². The first kappa shape index (κ1) is 21.7. The lowest BCUT2D eigenvalue weighted by Crippen LogP contribution is -2.55. The molecule has 1 atom stereocenters. The van der Waals surface area contributed by atoms with Crippen LogP contribution in [0.2, 0.25) is 0 Å². The molecule has 10 heteroatoms. The second-order valence-corrected chi connectivity index (χ2v) is 6.77. The van der Waals surface area contributed by atoms with Gasteiger partial charge in [0.2, 0.25) is 0 Å². The molecule has 0 aliphatic carbocycles. The molecule has 2 aromatic rings. The van der Waals surface area contributed by atoms with Crippen LogP contribution in [0, 0.1) is 17.1 Å². The number of halogens is 1. The van der Waals surface area contributed by atoms with Crippen LogP contribution in [0.25, 0.3) is 0 Å². The van der Waals surface area contributed by atoms with E-state index in [1.54, 1.807) is 0 Å². The number of rotatable bonds is 5. The molecule has 9 nitrogen and oxygen atoms in total. The van der Waals surface area contributed by atoms with Gasteiger partial charge in [-0.05, 0) is 42.5 Å². The van der Waals surface area contributed by atoms with Gasteiger partial charge in [-0.1, -0.05) is 6.07 Å². The maximum absolute atomic E-state index is 13.4. The minimum absolute atomic E-state index is 0.101. The summed E-state index contributed by atoms with van der Waals surface area (Å²) in [5.41, 5.74) is 6.35. The summed E-state index contributed by atoms with van der Waals surface area (Å²) < 4.78 is 13.4. The van der Waals surface area contributed by atoms with E-state index in [1.807, 2.05) is 6.07 Å². The average Bonchev–Trinajstić information content (AvgIpc) is 3.22. The maximum Gasteiger partial charge on any atom is 0.323 e. The van der Waals surface area contributed by atoms with Gasteiger partial charge in [0.1, 0.15) is 5.82 Å². The molecule has 1 heterocycles. The minimum Gasteiger partial charge on any atom is -0.351 e. The molecular weight excluding hydrogens is 403 g/mol. The zero-order valence-electron chi connectivity index (χ0n) is 16.5. The fraction of sp³-hybridized carbons (Fsp3) is 0.238. The third kappa shape index (κ3) is 4.96. The van der Waals surface area contributed by atoms with Crippen molar-refractivity contribution in [2.75, 3.05) is 31.5 Å². The number of nitrogens with one attached hydrogen (secondary N) is 2. The molecule has 1 aliphatic heterocycles. The number of carbonyl (C=O) groups excluding carboxylic acids is 3. The summed E-state index contributed by atoms with van der Waals surface area (Å²) in [6, 6.07) is 12.7. The largest absolute Gasteiger partial charge is 0.351 e. The molecule has 1 saturated heterocycles. The van der Waals surface area contributed by atoms with Crippen LogP contribution < -0.4 is 16.4 Å². The zero-order chi connectivity index (χ0) is 22.4. The Morgan fingerprint density at radius 2 is 1.84 bits per heavy atom. The number of nitriles is 1. The monoisotopic (exact) mass is 424 g/mol. The molecule has 1 fully saturated rings. The highest BCUT2D eigenvalue weighted by Crippen LogP contribution is 2.21. The standard InChI is InChI=1S/C21H21FN6O3/c22-16-2-1-3-17(12-16)26-21(31)28-11-10-27(19(28)18(29)25-9-8-23)20(30)15-6-4-14(13-24)5-7-15/h1-7,12,19H,8-11,23H2,(H,25,29)(H,26,31). The number of hydrogen-bond acceptors (Lipinski definition) is 5. The van der Waals surface area contributed by atoms with Crippen LogP contribution in [-0.2, 0) is 4.79 Å². The number of amides is 4. The lowest BCUT2D eigenvalue weighted by atomic mass is 10.1. The fourth-order valence-electron chi connectivity index (χ4n) is 3.24. The van der Waals surface area contributed by atoms with E-state index in [0.717, 1.165) is 6.07 Å². The first-order chi connectivity index (χ1) is 14.9. The Bertz CT molecular complexity index is 1020. The minimum atomic E-state index is -1.21. The van der Waals surface area contributed by atoms with Gasteiger partial charge < -0.3 is 21.3 Å². The van der Waals surface area contributed by atoms with Gasteiger partial charge >= 0.3 is 6.03 Å². The van der Waals surface area contributed by atoms with E-state index >= 15 is 0 Å². The van der Waals surface area contributed by atoms with Crippen molar-refractivity contribution in [3.63, 3.8) is 0 Å². The van der Waals surface area contributed by atoms with Gasteiger partial charge in [0.15, 0.2) is 6.17 Å². The van der Waals surface area contributed by atoms with Crippen molar-refractivity contribution >= 4 is 23.5 Å². The number of carbonyl (C=O) groups is 3. The third-order valence-electron chi connectivity index (χ3n) is 4.71. The van der Waals surface area contributed by atoms with E-state index in [-0.39, 0.29) is 37.4 Å². The number of nitrogens with zero attached hydrogens (tertiary/aromatic N) is 3. The molecule has 4 amide bonds. The van der Waals surface area contributed by atoms with E-state index in [0.29, 0.717) is 5.56 Å². The molecule has 0 bridgehead atoms. The summed E-state index contributed by atoms with van der Waals surface area (Å²) in [7, 11) is 0. The van der Waals surface area contributed by atoms with E-state index in [2.05, 4.69) is 10.6 Å². The summed E-state index contributed by atoms with van der Waals surface area (Å²) in [5.74, 6) is -1.54. The van der Waals surface area contributed by atoms with E-state index < -0.39 is 29.8 Å². The SMILES string of the molecule is N#Cc1ccc(C(=O)N2CCN(C(=O)Nc3cccc(F)c3)C2C(=O)NCCN)cc1. The number of anilines is 1. The van der Waals surface area contributed by atoms with Crippen LogP contribution >= 0.6 is 0 Å². The molecule has 4 N–H and O–H groups in total. The zero-order valence-corrected chi connectivity index (χ0v) is 16.5. The molecule has 1 aliphatic rings. The van der Waals surface area contributed by atoms with Crippen LogP contribution in [0.4, 0.5) is 14.9 Å². The van der Waals surface area contributed by atoms with Gasteiger partial charge in [0, 0.05) is 37.4 Å². The van der Waals surface area contributed by atoms with Crippen molar-refractivity contribution in [2.24, 2.45) is 5.73 Å². The Kier molecular flexibility index (Phi) is 6.79. The summed E-state index contributed by atoms with van der Waals surface area (Å²) in [6.07, 6.45) is -1.21. The second kappa shape index (κ2) is 9.69. The molecule has 1 unspecified atom stereocenters. The molecule has 160 valence electrons. The number of hydrogen-bond donors (Lipinski definition) is 3. The topological polar surface area (TPSA) is 132 Å². The van der Waals surface area contributed by atoms with Crippen LogP contribution in [0.5, 0.6) is 0 Å². The Morgan fingerprint density at radius 1 is 1.13 bits per heavy atom. The van der Waals surface area contributed by atoms with Crippen molar-refractivity contribution in [3.8, 4) is 6.07 Å². The van der Waals surface area contributed by atoms with Gasteiger partial charge in [-0.25, -0.2) is 9.18 Å². The Labute approximate surface area is 178 Å². The first-order valence-electron chi connectivity index (χ1n) is 9.56. The molecule has 31 heavy (non-hydrogen) atoms. The van der Waals surface area contributed by atoms with Gasteiger partial charge in [0.05, 0.1) is 11.6 Å². The van der Waals surface area contributed by atoms with Gasteiger partial charge in [0.25, 0.3) is 11.8 Å². The van der Waals surface area contributed by atoms with Gasteiger partial charge in [-0.15, -0.1) is 0 Å². The van der Waals surface area contributed by atoms with E-state index in [4.69, 9.17) is 11.0 Å². The quantitative estimate of drug-likeness (QED) is 0.661. The smallest absolute Gasteiger partial charge is 0.323 e. The highest BCUT2D eigenvalue weighted by Gasteiger charge is 2.42. The number of urea groups is 1. The Balaban J connectivity index is 1.83. The number of nitrogens with two attached hydrogens (primary N) is 1. The maximum atomic E-state index is 13.4. The van der Waals surface area contributed by atoms with E-state index in [9.17, 15) is 18.8 Å². The summed E-state index contributed by atoms with van der Waals surface area (Å²) in [6.45, 7) is 0.588. The molecule has 0 aromatic heterocycles. The normalized spacial score (nSPS) is 15.3. The highest BCUT2D eigenvalue weighted by molar-refractivity contribution is 6.00. The van der Waals surface area contributed by atoms with Crippen LogP contribution in [-0.4, -0.2) is 60.0 Å². The fourth-order valence-corrected chi connectivity index (χ4v) is 3.24.